The molecule has 0 spiro atoms. The average molecular weight is 643 g/mol. The highest BCUT2D eigenvalue weighted by atomic mass is 16.3. The Hall–Kier alpha value is -6.72. The summed E-state index contributed by atoms with van der Waals surface area (Å²) < 4.78 is 8.73. The van der Waals surface area contributed by atoms with Crippen molar-refractivity contribution in [3.63, 3.8) is 0 Å². The Morgan fingerprint density at radius 2 is 1.02 bits per heavy atom. The van der Waals surface area contributed by atoms with Crippen molar-refractivity contribution in [3.8, 4) is 22.3 Å². The van der Waals surface area contributed by atoms with Crippen molar-refractivity contribution in [2.45, 2.75) is 6.17 Å². The summed E-state index contributed by atoms with van der Waals surface area (Å²) in [6.07, 6.45) is -0.366. The number of fused-ring (bicyclic) bond motifs is 6. The largest absolute Gasteiger partial charge is 0.456 e. The molecule has 1 unspecified atom stereocenters. The van der Waals surface area contributed by atoms with Crippen LogP contribution in [0.1, 0.15) is 17.3 Å². The molecular formula is C45H30N4O. The third-order valence-electron chi connectivity index (χ3n) is 9.69. The molecule has 0 aliphatic carbocycles. The van der Waals surface area contributed by atoms with Crippen LogP contribution in [0.15, 0.2) is 184 Å². The van der Waals surface area contributed by atoms with E-state index in [0.29, 0.717) is 5.96 Å². The SMILES string of the molecule is c1ccc(-c2cccc3oc4cccc(C5=NC(n6c7ccccc7c7c(-c8ccccc8)cccc76)=NC(c6ccccc6)N5)c4c23)cc1. The van der Waals surface area contributed by atoms with Gasteiger partial charge in [0, 0.05) is 27.1 Å². The minimum Gasteiger partial charge on any atom is -0.456 e. The number of aromatic nitrogens is 1. The van der Waals surface area contributed by atoms with Crippen LogP contribution in [0.3, 0.4) is 0 Å². The number of amidine groups is 1. The maximum Gasteiger partial charge on any atom is 0.234 e. The van der Waals surface area contributed by atoms with Gasteiger partial charge in [-0.2, -0.15) is 4.99 Å². The summed E-state index contributed by atoms with van der Waals surface area (Å²) in [7, 11) is 0. The van der Waals surface area contributed by atoms with E-state index >= 15 is 0 Å². The van der Waals surface area contributed by atoms with Crippen molar-refractivity contribution < 1.29 is 4.42 Å². The topological polar surface area (TPSA) is 54.8 Å². The highest BCUT2D eigenvalue weighted by molar-refractivity contribution is 6.25. The number of nitrogens with zero attached hydrogens (tertiary/aromatic N) is 3. The fraction of sp³-hybridized carbons (Fsp3) is 0.0222. The Labute approximate surface area is 288 Å². The lowest BCUT2D eigenvalue weighted by Gasteiger charge is -2.24. The summed E-state index contributed by atoms with van der Waals surface area (Å²) in [5, 5.41) is 8.15. The van der Waals surface area contributed by atoms with Crippen molar-refractivity contribution in [1.29, 1.82) is 0 Å². The van der Waals surface area contributed by atoms with Gasteiger partial charge in [0.05, 0.1) is 11.0 Å². The van der Waals surface area contributed by atoms with E-state index < -0.39 is 0 Å². The first-order chi connectivity index (χ1) is 24.8. The molecule has 236 valence electrons. The van der Waals surface area contributed by atoms with Crippen molar-refractivity contribution in [3.05, 3.63) is 181 Å². The van der Waals surface area contributed by atoms with Crippen LogP contribution in [0.4, 0.5) is 0 Å². The second-order valence-electron chi connectivity index (χ2n) is 12.6. The van der Waals surface area contributed by atoms with E-state index in [-0.39, 0.29) is 6.17 Å². The van der Waals surface area contributed by atoms with Crippen LogP contribution >= 0.6 is 0 Å². The maximum atomic E-state index is 6.51. The van der Waals surface area contributed by atoms with E-state index in [1.54, 1.807) is 0 Å². The molecule has 5 heteroatoms. The van der Waals surface area contributed by atoms with Crippen molar-refractivity contribution in [1.82, 2.24) is 9.88 Å². The molecule has 0 saturated carbocycles. The molecule has 1 N–H and O–H groups in total. The molecule has 1 aliphatic rings. The number of benzene rings is 7. The van der Waals surface area contributed by atoms with Gasteiger partial charge in [-0.1, -0.05) is 146 Å². The number of aliphatic imine (C=N–C) groups is 2. The molecule has 7 aromatic carbocycles. The summed E-state index contributed by atoms with van der Waals surface area (Å²) in [6, 6.07) is 59.0. The van der Waals surface area contributed by atoms with Crippen LogP contribution in [0, 0.1) is 0 Å². The molecule has 1 atom stereocenters. The molecule has 10 rings (SSSR count). The normalized spacial score (nSPS) is 14.6. The third-order valence-corrected chi connectivity index (χ3v) is 9.69. The standard InChI is InChI=1S/C45H30N4O/c1-4-15-29(16-5-1)32-22-12-26-37-40(32)34-21-10-11-25-36(34)49(37)45-47-43(31-19-8-3-9-20-31)46-44(48-45)35-24-14-28-39-42(35)41-33(23-13-27-38(41)50-39)30-17-6-2-7-18-30/h1-28,43H,(H,46,47,48). The minimum absolute atomic E-state index is 0.366. The monoisotopic (exact) mass is 642 g/mol. The van der Waals surface area contributed by atoms with Gasteiger partial charge in [-0.25, -0.2) is 4.99 Å². The zero-order valence-electron chi connectivity index (χ0n) is 27.0. The molecule has 0 fully saturated rings. The number of furan rings is 1. The molecule has 0 saturated heterocycles. The van der Waals surface area contributed by atoms with Gasteiger partial charge in [0.25, 0.3) is 0 Å². The van der Waals surface area contributed by atoms with E-state index in [4.69, 9.17) is 14.4 Å². The van der Waals surface area contributed by atoms with Crippen LogP contribution in [0.25, 0.3) is 66.0 Å². The number of rotatable bonds is 4. The fourth-order valence-corrected chi connectivity index (χ4v) is 7.49. The number of para-hydroxylation sites is 1. The van der Waals surface area contributed by atoms with Gasteiger partial charge < -0.3 is 9.73 Å². The molecular weight excluding hydrogens is 613 g/mol. The van der Waals surface area contributed by atoms with Crippen LogP contribution in [0.2, 0.25) is 0 Å². The van der Waals surface area contributed by atoms with Crippen LogP contribution in [0.5, 0.6) is 0 Å². The zero-order chi connectivity index (χ0) is 33.0. The summed E-state index contributed by atoms with van der Waals surface area (Å²) in [4.78, 5) is 10.7. The van der Waals surface area contributed by atoms with Crippen molar-refractivity contribution in [2.24, 2.45) is 9.98 Å². The lowest BCUT2D eigenvalue weighted by molar-refractivity contribution is 0.666. The number of nitrogens with one attached hydrogen (secondary N) is 1. The molecule has 0 amide bonds. The summed E-state index contributed by atoms with van der Waals surface area (Å²) in [5.74, 6) is 1.36. The summed E-state index contributed by atoms with van der Waals surface area (Å²) in [5.41, 5.74) is 10.4. The Morgan fingerprint density at radius 3 is 1.72 bits per heavy atom. The van der Waals surface area contributed by atoms with E-state index in [2.05, 4.69) is 149 Å². The second kappa shape index (κ2) is 11.5. The van der Waals surface area contributed by atoms with Gasteiger partial charge in [-0.3, -0.25) is 4.57 Å². The molecule has 3 heterocycles. The van der Waals surface area contributed by atoms with Gasteiger partial charge >= 0.3 is 0 Å². The van der Waals surface area contributed by atoms with E-state index in [9.17, 15) is 0 Å². The Morgan fingerprint density at radius 1 is 0.480 bits per heavy atom. The van der Waals surface area contributed by atoms with E-state index in [1.807, 2.05) is 30.3 Å². The maximum absolute atomic E-state index is 6.51. The highest BCUT2D eigenvalue weighted by Gasteiger charge is 2.27. The van der Waals surface area contributed by atoms with Gasteiger partial charge in [-0.15, -0.1) is 0 Å². The smallest absolute Gasteiger partial charge is 0.234 e. The molecule has 50 heavy (non-hydrogen) atoms. The van der Waals surface area contributed by atoms with E-state index in [1.165, 1.54) is 16.5 Å². The van der Waals surface area contributed by atoms with Gasteiger partial charge in [-0.05, 0) is 52.1 Å². The molecule has 0 radical (unpaired) electrons. The van der Waals surface area contributed by atoms with Gasteiger partial charge in [0.15, 0.2) is 0 Å². The predicted octanol–water partition coefficient (Wildman–Crippen LogP) is 11.0. The summed E-state index contributed by atoms with van der Waals surface area (Å²) >= 11 is 0. The molecule has 0 bridgehead atoms. The van der Waals surface area contributed by atoms with Crippen LogP contribution < -0.4 is 5.32 Å². The Balaban J connectivity index is 1.25. The average Bonchev–Trinajstić information content (AvgIpc) is 3.75. The van der Waals surface area contributed by atoms with Gasteiger partial charge in [0.1, 0.15) is 23.2 Å². The highest BCUT2D eigenvalue weighted by Crippen LogP contribution is 2.40. The van der Waals surface area contributed by atoms with Crippen LogP contribution in [-0.4, -0.2) is 16.4 Å². The van der Waals surface area contributed by atoms with Crippen LogP contribution in [-0.2, 0) is 0 Å². The van der Waals surface area contributed by atoms with E-state index in [0.717, 1.165) is 66.4 Å². The first kappa shape index (κ1) is 28.3. The first-order valence-corrected chi connectivity index (χ1v) is 16.9. The van der Waals surface area contributed by atoms with Crippen molar-refractivity contribution in [2.75, 3.05) is 0 Å². The third kappa shape index (κ3) is 4.48. The lowest BCUT2D eigenvalue weighted by atomic mass is 9.97. The quantitative estimate of drug-likeness (QED) is 0.208. The van der Waals surface area contributed by atoms with Gasteiger partial charge in [0.2, 0.25) is 5.96 Å². The summed E-state index contributed by atoms with van der Waals surface area (Å²) in [6.45, 7) is 0. The number of hydrogen-bond acceptors (Lipinski definition) is 4. The molecule has 5 nitrogen and oxygen atoms in total. The van der Waals surface area contributed by atoms with Crippen molar-refractivity contribution >= 4 is 55.5 Å². The fourth-order valence-electron chi connectivity index (χ4n) is 7.49. The Kier molecular flexibility index (Phi) is 6.49. The lowest BCUT2D eigenvalue weighted by Crippen LogP contribution is -2.35. The second-order valence-corrected chi connectivity index (χ2v) is 12.6. The predicted molar refractivity (Wildman–Crippen MR) is 206 cm³/mol. The first-order valence-electron chi connectivity index (χ1n) is 16.9. The minimum atomic E-state index is -0.366. The molecule has 1 aliphatic heterocycles. The number of hydrogen-bond donors (Lipinski definition) is 1. The zero-order valence-corrected chi connectivity index (χ0v) is 27.0. The molecule has 2 aromatic heterocycles. The Bertz CT molecular complexity index is 2780. The molecule has 9 aromatic rings.